The Bertz CT molecular complexity index is 454. The van der Waals surface area contributed by atoms with Crippen LogP contribution in [0.1, 0.15) is 43.5 Å². The number of nitrogens with one attached hydrogen (secondary N) is 1. The highest BCUT2D eigenvalue weighted by Crippen LogP contribution is 2.21. The van der Waals surface area contributed by atoms with E-state index < -0.39 is 0 Å². The van der Waals surface area contributed by atoms with Crippen molar-refractivity contribution in [1.29, 1.82) is 0 Å². The van der Waals surface area contributed by atoms with Crippen LogP contribution >= 0.6 is 0 Å². The van der Waals surface area contributed by atoms with Crippen LogP contribution in [0.25, 0.3) is 0 Å². The van der Waals surface area contributed by atoms with Gasteiger partial charge in [-0.05, 0) is 51.4 Å². The third-order valence-corrected chi connectivity index (χ3v) is 3.97. The van der Waals surface area contributed by atoms with Crippen LogP contribution in [0.15, 0.2) is 6.07 Å². The van der Waals surface area contributed by atoms with Gasteiger partial charge in [-0.15, -0.1) is 0 Å². The van der Waals surface area contributed by atoms with Crippen LogP contribution < -0.4 is 10.1 Å². The molecule has 1 saturated heterocycles. The summed E-state index contributed by atoms with van der Waals surface area (Å²) in [6, 6.07) is 2.59. The Hall–Kier alpha value is -1.13. The van der Waals surface area contributed by atoms with Crippen LogP contribution in [-0.4, -0.2) is 42.2 Å². The van der Waals surface area contributed by atoms with Gasteiger partial charge in [-0.25, -0.2) is 4.98 Å². The Balaban J connectivity index is 1.97. The van der Waals surface area contributed by atoms with Gasteiger partial charge in [0.05, 0.1) is 0 Å². The number of rotatable bonds is 7. The number of pyridine rings is 1. The quantitative estimate of drug-likeness (QED) is 0.838. The first-order valence-corrected chi connectivity index (χ1v) is 8.12. The fraction of sp³-hybridized carbons (Fsp3) is 0.706. The molecule has 0 unspecified atom stereocenters. The molecule has 1 aromatic heterocycles. The summed E-state index contributed by atoms with van der Waals surface area (Å²) in [7, 11) is 0. The smallest absolute Gasteiger partial charge is 0.218 e. The van der Waals surface area contributed by atoms with Crippen molar-refractivity contribution in [3.63, 3.8) is 0 Å². The zero-order chi connectivity index (χ0) is 15.2. The summed E-state index contributed by atoms with van der Waals surface area (Å²) in [4.78, 5) is 7.06. The van der Waals surface area contributed by atoms with Crippen molar-refractivity contribution in [3.8, 4) is 5.88 Å². The van der Waals surface area contributed by atoms with Crippen molar-refractivity contribution >= 4 is 0 Å². The summed E-state index contributed by atoms with van der Waals surface area (Å²) in [5.41, 5.74) is 3.47. The lowest BCUT2D eigenvalue weighted by atomic mass is 10.1. The van der Waals surface area contributed by atoms with Crippen molar-refractivity contribution in [2.45, 2.75) is 53.1 Å². The number of nitrogens with zero attached hydrogens (tertiary/aromatic N) is 2. The first-order chi connectivity index (χ1) is 10.1. The van der Waals surface area contributed by atoms with Gasteiger partial charge in [0.15, 0.2) is 0 Å². The van der Waals surface area contributed by atoms with Gasteiger partial charge in [0.2, 0.25) is 5.88 Å². The fourth-order valence-electron chi connectivity index (χ4n) is 2.75. The maximum Gasteiger partial charge on any atom is 0.218 e. The molecule has 4 heteroatoms. The van der Waals surface area contributed by atoms with Crippen LogP contribution in [-0.2, 0) is 6.54 Å². The molecule has 1 aliphatic rings. The van der Waals surface area contributed by atoms with E-state index in [0.717, 1.165) is 31.3 Å². The highest BCUT2D eigenvalue weighted by atomic mass is 16.5. The molecule has 21 heavy (non-hydrogen) atoms. The molecule has 1 fully saturated rings. The Kier molecular flexibility index (Phi) is 6.00. The molecule has 0 atom stereocenters. The molecule has 1 N–H and O–H groups in total. The second-order valence-electron chi connectivity index (χ2n) is 6.30. The highest BCUT2D eigenvalue weighted by Gasteiger charge is 2.13. The van der Waals surface area contributed by atoms with Crippen molar-refractivity contribution in [2.24, 2.45) is 0 Å². The lowest BCUT2D eigenvalue weighted by Gasteiger charge is -2.18. The predicted molar refractivity (Wildman–Crippen MR) is 86.9 cm³/mol. The van der Waals surface area contributed by atoms with Crippen LogP contribution in [0.3, 0.4) is 0 Å². The third kappa shape index (κ3) is 4.97. The molecule has 0 saturated carbocycles. The minimum absolute atomic E-state index is 0.461. The summed E-state index contributed by atoms with van der Waals surface area (Å²) in [6.07, 6.45) is 2.65. The molecule has 1 aliphatic heterocycles. The zero-order valence-electron chi connectivity index (χ0n) is 13.9. The van der Waals surface area contributed by atoms with E-state index in [9.17, 15) is 0 Å². The third-order valence-electron chi connectivity index (χ3n) is 3.97. The Morgan fingerprint density at radius 3 is 2.67 bits per heavy atom. The van der Waals surface area contributed by atoms with E-state index in [-0.39, 0.29) is 0 Å². The van der Waals surface area contributed by atoms with E-state index in [0.29, 0.717) is 6.04 Å². The average molecular weight is 291 g/mol. The summed E-state index contributed by atoms with van der Waals surface area (Å²) >= 11 is 0. The topological polar surface area (TPSA) is 37.4 Å². The van der Waals surface area contributed by atoms with Gasteiger partial charge in [0, 0.05) is 30.4 Å². The van der Waals surface area contributed by atoms with E-state index in [2.05, 4.69) is 42.0 Å². The molecule has 0 bridgehead atoms. The number of likely N-dealkylation sites (tertiary alicyclic amines) is 1. The monoisotopic (exact) mass is 291 g/mol. The molecule has 0 aliphatic carbocycles. The van der Waals surface area contributed by atoms with Gasteiger partial charge in [-0.2, -0.15) is 0 Å². The lowest BCUT2D eigenvalue weighted by molar-refractivity contribution is 0.229. The minimum atomic E-state index is 0.461. The molecule has 2 rings (SSSR count). The predicted octanol–water partition coefficient (Wildman–Crippen LogP) is 2.67. The van der Waals surface area contributed by atoms with Crippen molar-refractivity contribution in [3.05, 3.63) is 22.9 Å². The fourth-order valence-corrected chi connectivity index (χ4v) is 2.75. The summed E-state index contributed by atoms with van der Waals surface area (Å²) in [5.74, 6) is 0.805. The van der Waals surface area contributed by atoms with Gasteiger partial charge in [-0.3, -0.25) is 4.90 Å². The van der Waals surface area contributed by atoms with E-state index in [1.165, 1.54) is 37.1 Å². The number of aromatic nitrogens is 1. The first-order valence-electron chi connectivity index (χ1n) is 8.12. The average Bonchev–Trinajstić information content (AvgIpc) is 2.90. The van der Waals surface area contributed by atoms with Crippen LogP contribution in [0.2, 0.25) is 0 Å². The normalized spacial score (nSPS) is 15.9. The molecular formula is C17H29N3O. The largest absolute Gasteiger partial charge is 0.476 e. The second-order valence-corrected chi connectivity index (χ2v) is 6.30. The maximum absolute atomic E-state index is 6.00. The molecule has 1 aromatic rings. The maximum atomic E-state index is 6.00. The molecule has 2 heterocycles. The lowest BCUT2D eigenvalue weighted by Crippen LogP contribution is -2.26. The van der Waals surface area contributed by atoms with Gasteiger partial charge in [0.1, 0.15) is 6.61 Å². The molecular weight excluding hydrogens is 262 g/mol. The van der Waals surface area contributed by atoms with E-state index in [1.807, 2.05) is 6.92 Å². The van der Waals surface area contributed by atoms with Crippen molar-refractivity contribution < 1.29 is 4.74 Å². The zero-order valence-corrected chi connectivity index (χ0v) is 13.9. The molecule has 0 spiro atoms. The van der Waals surface area contributed by atoms with Crippen LogP contribution in [0, 0.1) is 13.8 Å². The molecule has 0 aromatic carbocycles. The molecule has 0 radical (unpaired) electrons. The van der Waals surface area contributed by atoms with Gasteiger partial charge >= 0.3 is 0 Å². The van der Waals surface area contributed by atoms with Gasteiger partial charge in [-0.1, -0.05) is 13.8 Å². The molecule has 118 valence electrons. The second kappa shape index (κ2) is 7.76. The van der Waals surface area contributed by atoms with Crippen LogP contribution in [0.4, 0.5) is 0 Å². The van der Waals surface area contributed by atoms with Crippen molar-refractivity contribution in [2.75, 3.05) is 26.2 Å². The number of hydrogen-bond acceptors (Lipinski definition) is 4. The van der Waals surface area contributed by atoms with E-state index in [1.54, 1.807) is 0 Å². The van der Waals surface area contributed by atoms with Crippen LogP contribution in [0.5, 0.6) is 5.88 Å². The molecule has 0 amide bonds. The van der Waals surface area contributed by atoms with Crippen molar-refractivity contribution in [1.82, 2.24) is 15.2 Å². The Labute approximate surface area is 128 Å². The van der Waals surface area contributed by atoms with Gasteiger partial charge < -0.3 is 10.1 Å². The molecule has 4 nitrogen and oxygen atoms in total. The number of ether oxygens (including phenoxy) is 1. The summed E-state index contributed by atoms with van der Waals surface area (Å²) in [6.45, 7) is 13.5. The number of hydrogen-bond donors (Lipinski definition) is 1. The Morgan fingerprint density at radius 2 is 2.00 bits per heavy atom. The standard InChI is InChI=1S/C17H29N3O/c1-13(2)18-12-16-14(3)11-15(4)19-17(16)21-10-9-20-7-5-6-8-20/h11,13,18H,5-10,12H2,1-4H3. The van der Waals surface area contributed by atoms with E-state index >= 15 is 0 Å². The first kappa shape index (κ1) is 16.2. The Morgan fingerprint density at radius 1 is 1.29 bits per heavy atom. The number of aryl methyl sites for hydroxylation is 2. The minimum Gasteiger partial charge on any atom is -0.476 e. The van der Waals surface area contributed by atoms with E-state index in [4.69, 9.17) is 4.74 Å². The summed E-state index contributed by atoms with van der Waals surface area (Å²) in [5, 5.41) is 3.46. The summed E-state index contributed by atoms with van der Waals surface area (Å²) < 4.78 is 6.00. The highest BCUT2D eigenvalue weighted by molar-refractivity contribution is 5.35. The SMILES string of the molecule is Cc1cc(C)c(CNC(C)C)c(OCCN2CCCC2)n1. The van der Waals surface area contributed by atoms with Gasteiger partial charge in [0.25, 0.3) is 0 Å².